The zero-order valence-electron chi connectivity index (χ0n) is 7.24. The molecule has 66 valence electrons. The third kappa shape index (κ3) is 1.91. The lowest BCUT2D eigenvalue weighted by molar-refractivity contribution is -0.0909. The molecule has 0 spiro atoms. The minimum atomic E-state index is -2.38. The molecule has 1 aliphatic rings. The van der Waals surface area contributed by atoms with Gasteiger partial charge >= 0.3 is 0 Å². The van der Waals surface area contributed by atoms with Crippen LogP contribution < -0.4 is 0 Å². The number of hydrogen-bond acceptors (Lipinski definition) is 0. The fourth-order valence-corrected chi connectivity index (χ4v) is 1.80. The van der Waals surface area contributed by atoms with Crippen LogP contribution in [0.25, 0.3) is 0 Å². The van der Waals surface area contributed by atoms with Crippen molar-refractivity contribution >= 4 is 0 Å². The zero-order valence-corrected chi connectivity index (χ0v) is 7.24. The number of halogens is 2. The summed E-state index contributed by atoms with van der Waals surface area (Å²) < 4.78 is 25.8. The van der Waals surface area contributed by atoms with E-state index in [0.29, 0.717) is 18.8 Å². The van der Waals surface area contributed by atoms with Gasteiger partial charge in [0.05, 0.1) is 0 Å². The van der Waals surface area contributed by atoms with E-state index in [0.717, 1.165) is 6.42 Å². The van der Waals surface area contributed by atoms with Crippen molar-refractivity contribution in [1.29, 1.82) is 0 Å². The maximum atomic E-state index is 12.9. The van der Waals surface area contributed by atoms with Crippen molar-refractivity contribution in [2.45, 2.75) is 45.5 Å². The molecule has 1 saturated carbocycles. The molecule has 1 aliphatic carbocycles. The van der Waals surface area contributed by atoms with Crippen molar-refractivity contribution in [3.63, 3.8) is 0 Å². The largest absolute Gasteiger partial charge is 0.250 e. The normalized spacial score (nSPS) is 37.1. The number of rotatable bonds is 1. The molecule has 1 fully saturated rings. The summed E-state index contributed by atoms with van der Waals surface area (Å²) >= 11 is 0. The van der Waals surface area contributed by atoms with E-state index in [1.54, 1.807) is 6.92 Å². The Morgan fingerprint density at radius 3 is 2.55 bits per heavy atom. The van der Waals surface area contributed by atoms with Gasteiger partial charge in [0.25, 0.3) is 5.92 Å². The summed E-state index contributed by atoms with van der Waals surface area (Å²) in [4.78, 5) is 0. The monoisotopic (exact) mass is 162 g/mol. The molecule has 0 heterocycles. The Kier molecular flexibility index (Phi) is 2.50. The van der Waals surface area contributed by atoms with Crippen LogP contribution in [0.5, 0.6) is 0 Å². The highest BCUT2D eigenvalue weighted by atomic mass is 19.3. The standard InChI is InChI=1S/C9H16F2/c1-3-8-4-5-9(10,11)7(2)6-8/h7-8H,3-6H2,1-2H3/t7-,8-/m1/s1. The molecule has 0 nitrogen and oxygen atoms in total. The van der Waals surface area contributed by atoms with Crippen LogP contribution in [0.15, 0.2) is 0 Å². The molecule has 1 rings (SSSR count). The molecular formula is C9H16F2. The first-order valence-corrected chi connectivity index (χ1v) is 4.44. The van der Waals surface area contributed by atoms with Gasteiger partial charge in [0.2, 0.25) is 0 Å². The Labute approximate surface area is 67.0 Å². The van der Waals surface area contributed by atoms with E-state index in [9.17, 15) is 8.78 Å². The zero-order chi connectivity index (χ0) is 8.48. The van der Waals surface area contributed by atoms with Gasteiger partial charge in [-0.25, -0.2) is 8.78 Å². The van der Waals surface area contributed by atoms with E-state index in [1.165, 1.54) is 0 Å². The highest BCUT2D eigenvalue weighted by Crippen LogP contribution is 2.41. The summed E-state index contributed by atoms with van der Waals surface area (Å²) in [7, 11) is 0. The lowest BCUT2D eigenvalue weighted by Gasteiger charge is -2.33. The van der Waals surface area contributed by atoms with E-state index in [2.05, 4.69) is 6.92 Å². The first-order valence-electron chi connectivity index (χ1n) is 4.44. The maximum absolute atomic E-state index is 12.9. The van der Waals surface area contributed by atoms with Gasteiger partial charge in [-0.1, -0.05) is 20.3 Å². The van der Waals surface area contributed by atoms with Crippen LogP contribution in [0.4, 0.5) is 8.78 Å². The van der Waals surface area contributed by atoms with E-state index < -0.39 is 11.8 Å². The summed E-state index contributed by atoms with van der Waals surface area (Å²) in [5.74, 6) is -2.24. The Morgan fingerprint density at radius 1 is 1.45 bits per heavy atom. The first kappa shape index (κ1) is 8.95. The summed E-state index contributed by atoms with van der Waals surface area (Å²) in [5.41, 5.74) is 0. The fraction of sp³-hybridized carbons (Fsp3) is 1.00. The topological polar surface area (TPSA) is 0 Å². The third-order valence-corrected chi connectivity index (χ3v) is 2.87. The molecule has 11 heavy (non-hydrogen) atoms. The highest BCUT2D eigenvalue weighted by Gasteiger charge is 2.40. The predicted octanol–water partition coefficient (Wildman–Crippen LogP) is 3.47. The van der Waals surface area contributed by atoms with Crippen LogP contribution in [0.1, 0.15) is 39.5 Å². The second kappa shape index (κ2) is 3.08. The maximum Gasteiger partial charge on any atom is 0.250 e. The molecular weight excluding hydrogens is 146 g/mol. The highest BCUT2D eigenvalue weighted by molar-refractivity contribution is 4.82. The van der Waals surface area contributed by atoms with Gasteiger partial charge in [-0.15, -0.1) is 0 Å². The van der Waals surface area contributed by atoms with Gasteiger partial charge in [0.15, 0.2) is 0 Å². The van der Waals surface area contributed by atoms with Crippen molar-refractivity contribution in [1.82, 2.24) is 0 Å². The molecule has 0 saturated heterocycles. The summed E-state index contributed by atoms with van der Waals surface area (Å²) in [6, 6.07) is 0. The molecule has 0 aromatic rings. The third-order valence-electron chi connectivity index (χ3n) is 2.87. The van der Waals surface area contributed by atoms with Crippen molar-refractivity contribution in [2.75, 3.05) is 0 Å². The van der Waals surface area contributed by atoms with Gasteiger partial charge in [0, 0.05) is 12.3 Å². The van der Waals surface area contributed by atoms with E-state index >= 15 is 0 Å². The van der Waals surface area contributed by atoms with Crippen LogP contribution in [0.2, 0.25) is 0 Å². The van der Waals surface area contributed by atoms with Gasteiger partial charge in [-0.05, 0) is 18.8 Å². The molecule has 0 aromatic carbocycles. The Balaban J connectivity index is 2.48. The molecule has 0 unspecified atom stereocenters. The fourth-order valence-electron chi connectivity index (χ4n) is 1.80. The van der Waals surface area contributed by atoms with Crippen LogP contribution in [0.3, 0.4) is 0 Å². The molecule has 0 amide bonds. The summed E-state index contributed by atoms with van der Waals surface area (Å²) in [6.45, 7) is 3.75. The quantitative estimate of drug-likeness (QED) is 0.553. The molecule has 2 atom stereocenters. The minimum Gasteiger partial charge on any atom is -0.207 e. The summed E-state index contributed by atoms with van der Waals surface area (Å²) in [6.07, 6.45) is 2.59. The van der Waals surface area contributed by atoms with Gasteiger partial charge < -0.3 is 0 Å². The molecule has 0 aromatic heterocycles. The number of hydrogen-bond donors (Lipinski definition) is 0. The average molecular weight is 162 g/mol. The Hall–Kier alpha value is -0.140. The first-order chi connectivity index (χ1) is 5.06. The average Bonchev–Trinajstić information content (AvgIpc) is 1.95. The molecule has 2 heteroatoms. The molecule has 0 aliphatic heterocycles. The van der Waals surface area contributed by atoms with Gasteiger partial charge in [-0.2, -0.15) is 0 Å². The van der Waals surface area contributed by atoms with Gasteiger partial charge in [-0.3, -0.25) is 0 Å². The summed E-state index contributed by atoms with van der Waals surface area (Å²) in [5, 5.41) is 0. The van der Waals surface area contributed by atoms with Crippen molar-refractivity contribution < 1.29 is 8.78 Å². The predicted molar refractivity (Wildman–Crippen MR) is 41.7 cm³/mol. The molecule has 0 bridgehead atoms. The van der Waals surface area contributed by atoms with Crippen molar-refractivity contribution in [3.05, 3.63) is 0 Å². The lowest BCUT2D eigenvalue weighted by Crippen LogP contribution is -2.33. The van der Waals surface area contributed by atoms with Crippen LogP contribution >= 0.6 is 0 Å². The molecule has 0 N–H and O–H groups in total. The van der Waals surface area contributed by atoms with Crippen LogP contribution in [-0.4, -0.2) is 5.92 Å². The van der Waals surface area contributed by atoms with Crippen LogP contribution in [-0.2, 0) is 0 Å². The van der Waals surface area contributed by atoms with Crippen molar-refractivity contribution in [3.8, 4) is 0 Å². The lowest BCUT2D eigenvalue weighted by atomic mass is 9.79. The van der Waals surface area contributed by atoms with E-state index in [-0.39, 0.29) is 6.42 Å². The minimum absolute atomic E-state index is 0.104. The smallest absolute Gasteiger partial charge is 0.207 e. The van der Waals surface area contributed by atoms with Crippen molar-refractivity contribution in [2.24, 2.45) is 11.8 Å². The van der Waals surface area contributed by atoms with E-state index in [1.807, 2.05) is 0 Å². The second-order valence-corrected chi connectivity index (χ2v) is 3.71. The Morgan fingerprint density at radius 2 is 2.09 bits per heavy atom. The van der Waals surface area contributed by atoms with E-state index in [4.69, 9.17) is 0 Å². The molecule has 0 radical (unpaired) electrons. The number of alkyl halides is 2. The Bertz CT molecular complexity index is 132. The SMILES string of the molecule is CC[C@@H]1CCC(F)(F)[C@H](C)C1. The van der Waals surface area contributed by atoms with Crippen LogP contribution in [0, 0.1) is 11.8 Å². The second-order valence-electron chi connectivity index (χ2n) is 3.71. The van der Waals surface area contributed by atoms with Gasteiger partial charge in [0.1, 0.15) is 0 Å².